The van der Waals surface area contributed by atoms with Crippen LogP contribution in [0.3, 0.4) is 0 Å². The quantitative estimate of drug-likeness (QED) is 0.586. The third-order valence-electron chi connectivity index (χ3n) is 3.64. The molecule has 6 heteroatoms. The van der Waals surface area contributed by atoms with Crippen LogP contribution in [0.4, 0.5) is 0 Å². The van der Waals surface area contributed by atoms with Crippen LogP contribution in [0.5, 0.6) is 11.5 Å². The molecule has 0 spiro atoms. The molecule has 0 unspecified atom stereocenters. The molecule has 0 saturated carbocycles. The maximum atomic E-state index is 5.54. The highest BCUT2D eigenvalue weighted by Crippen LogP contribution is 2.30. The molecule has 0 aliphatic carbocycles. The van der Waals surface area contributed by atoms with Gasteiger partial charge < -0.3 is 9.47 Å². The molecule has 25 heavy (non-hydrogen) atoms. The summed E-state index contributed by atoms with van der Waals surface area (Å²) in [4.78, 5) is 0. The van der Waals surface area contributed by atoms with Gasteiger partial charge in [-0.2, -0.15) is 0 Å². The van der Waals surface area contributed by atoms with E-state index in [2.05, 4.69) is 21.7 Å². The Morgan fingerprint density at radius 2 is 1.80 bits per heavy atom. The predicted octanol–water partition coefficient (Wildman–Crippen LogP) is 4.45. The number of benzene rings is 2. The third kappa shape index (κ3) is 3.79. The number of hydrogen-bond acceptors (Lipinski definition) is 5. The van der Waals surface area contributed by atoms with E-state index in [4.69, 9.17) is 9.47 Å². The fourth-order valence-electron chi connectivity index (χ4n) is 2.53. The van der Waals surface area contributed by atoms with Gasteiger partial charge in [-0.15, -0.1) is 10.2 Å². The Balaban J connectivity index is 2.08. The minimum absolute atomic E-state index is 0.651. The van der Waals surface area contributed by atoms with Gasteiger partial charge in [0, 0.05) is 11.3 Å². The van der Waals surface area contributed by atoms with Gasteiger partial charge in [0.25, 0.3) is 0 Å². The molecule has 3 rings (SSSR count). The minimum Gasteiger partial charge on any atom is -0.497 e. The lowest BCUT2D eigenvalue weighted by Gasteiger charge is -2.11. The molecule has 0 fully saturated rings. The molecule has 1 heterocycles. The Labute approximate surface area is 152 Å². The van der Waals surface area contributed by atoms with Crippen molar-refractivity contribution in [3.05, 3.63) is 48.5 Å². The van der Waals surface area contributed by atoms with Gasteiger partial charge in [-0.05, 0) is 49.1 Å². The zero-order valence-corrected chi connectivity index (χ0v) is 15.4. The van der Waals surface area contributed by atoms with E-state index in [1.54, 1.807) is 18.9 Å². The van der Waals surface area contributed by atoms with Crippen molar-refractivity contribution >= 4 is 11.8 Å². The first-order valence-corrected chi connectivity index (χ1v) is 9.21. The summed E-state index contributed by atoms with van der Waals surface area (Å²) in [6.07, 6.45) is 0. The molecule has 0 radical (unpaired) electrons. The van der Waals surface area contributed by atoms with E-state index in [1.165, 1.54) is 0 Å². The Bertz CT molecular complexity index is 831. The van der Waals surface area contributed by atoms with Crippen molar-refractivity contribution in [2.24, 2.45) is 0 Å². The number of ether oxygens (including phenoxy) is 2. The van der Waals surface area contributed by atoms with E-state index in [0.717, 1.165) is 39.5 Å². The van der Waals surface area contributed by atoms with Crippen LogP contribution < -0.4 is 9.47 Å². The fraction of sp³-hybridized carbons (Fsp3) is 0.263. The van der Waals surface area contributed by atoms with Crippen LogP contribution in [-0.4, -0.2) is 34.2 Å². The molecule has 0 amide bonds. The normalized spacial score (nSPS) is 10.7. The van der Waals surface area contributed by atoms with E-state index in [9.17, 15) is 0 Å². The summed E-state index contributed by atoms with van der Waals surface area (Å²) in [7, 11) is 1.66. The van der Waals surface area contributed by atoms with Crippen molar-refractivity contribution in [3.8, 4) is 28.6 Å². The molecular formula is C19H21N3O2S. The zero-order valence-electron chi connectivity index (χ0n) is 14.6. The highest BCUT2D eigenvalue weighted by molar-refractivity contribution is 7.99. The summed E-state index contributed by atoms with van der Waals surface area (Å²) >= 11 is 1.66. The fourth-order valence-corrected chi connectivity index (χ4v) is 3.21. The maximum Gasteiger partial charge on any atom is 0.196 e. The number of aromatic nitrogens is 3. The van der Waals surface area contributed by atoms with Gasteiger partial charge in [-0.25, -0.2) is 0 Å². The first-order valence-electron chi connectivity index (χ1n) is 8.22. The number of methoxy groups -OCH3 is 1. The highest BCUT2D eigenvalue weighted by atomic mass is 32.2. The average molecular weight is 355 g/mol. The summed E-state index contributed by atoms with van der Waals surface area (Å²) in [5, 5.41) is 9.66. The maximum absolute atomic E-state index is 5.54. The molecule has 130 valence electrons. The van der Waals surface area contributed by atoms with Gasteiger partial charge in [0.05, 0.1) is 13.7 Å². The topological polar surface area (TPSA) is 49.2 Å². The monoisotopic (exact) mass is 355 g/mol. The predicted molar refractivity (Wildman–Crippen MR) is 101 cm³/mol. The molecule has 0 aliphatic rings. The van der Waals surface area contributed by atoms with Crippen molar-refractivity contribution < 1.29 is 9.47 Å². The first kappa shape index (κ1) is 17.4. The second kappa shape index (κ2) is 8.07. The van der Waals surface area contributed by atoms with Gasteiger partial charge in [-0.3, -0.25) is 4.57 Å². The van der Waals surface area contributed by atoms with E-state index < -0.39 is 0 Å². The van der Waals surface area contributed by atoms with Crippen LogP contribution in [0.15, 0.2) is 53.7 Å². The van der Waals surface area contributed by atoms with Crippen LogP contribution in [0.25, 0.3) is 17.1 Å². The van der Waals surface area contributed by atoms with E-state index >= 15 is 0 Å². The number of thioether (sulfide) groups is 1. The van der Waals surface area contributed by atoms with Crippen LogP contribution in [0.2, 0.25) is 0 Å². The minimum atomic E-state index is 0.651. The highest BCUT2D eigenvalue weighted by Gasteiger charge is 2.16. The molecule has 0 saturated heterocycles. The molecular weight excluding hydrogens is 334 g/mol. The first-order chi connectivity index (χ1) is 12.3. The molecule has 2 aromatic carbocycles. The van der Waals surface area contributed by atoms with Crippen molar-refractivity contribution in [1.29, 1.82) is 0 Å². The lowest BCUT2D eigenvalue weighted by molar-refractivity contribution is 0.340. The van der Waals surface area contributed by atoms with Gasteiger partial charge in [0.15, 0.2) is 11.0 Å². The summed E-state index contributed by atoms with van der Waals surface area (Å²) in [5.41, 5.74) is 1.96. The van der Waals surface area contributed by atoms with Crippen molar-refractivity contribution in [1.82, 2.24) is 14.8 Å². The van der Waals surface area contributed by atoms with Crippen LogP contribution >= 0.6 is 11.8 Å². The van der Waals surface area contributed by atoms with Gasteiger partial charge in [0.1, 0.15) is 11.5 Å². The summed E-state index contributed by atoms with van der Waals surface area (Å²) < 4.78 is 12.9. The number of nitrogens with zero attached hydrogens (tertiary/aromatic N) is 3. The van der Waals surface area contributed by atoms with Crippen molar-refractivity contribution in [2.45, 2.75) is 19.0 Å². The zero-order chi connectivity index (χ0) is 17.6. The largest absolute Gasteiger partial charge is 0.497 e. The molecule has 0 aliphatic heterocycles. The third-order valence-corrected chi connectivity index (χ3v) is 4.45. The Hall–Kier alpha value is -2.47. The lowest BCUT2D eigenvalue weighted by Crippen LogP contribution is -2.00. The second-order valence-electron chi connectivity index (χ2n) is 5.23. The SMILES string of the molecule is CCOc1ccc(-n2c(SCC)nnc2-c2cccc(OC)c2)cc1. The Morgan fingerprint density at radius 1 is 1.00 bits per heavy atom. The van der Waals surface area contributed by atoms with E-state index in [-0.39, 0.29) is 0 Å². The number of rotatable bonds is 7. The molecule has 1 aromatic heterocycles. The Morgan fingerprint density at radius 3 is 2.48 bits per heavy atom. The molecule has 3 aromatic rings. The summed E-state index contributed by atoms with van der Waals surface area (Å²) in [5.74, 6) is 3.36. The van der Waals surface area contributed by atoms with E-state index in [1.807, 2.05) is 55.5 Å². The second-order valence-corrected chi connectivity index (χ2v) is 6.46. The standard InChI is InChI=1S/C19H21N3O2S/c1-4-24-16-11-9-15(10-12-16)22-18(20-21-19(22)25-5-2)14-7-6-8-17(13-14)23-3/h6-13H,4-5H2,1-3H3. The van der Waals surface area contributed by atoms with Crippen molar-refractivity contribution in [2.75, 3.05) is 19.5 Å². The van der Waals surface area contributed by atoms with Crippen LogP contribution in [0.1, 0.15) is 13.8 Å². The summed E-state index contributed by atoms with van der Waals surface area (Å²) in [6, 6.07) is 15.8. The Kier molecular flexibility index (Phi) is 5.60. The molecule has 0 bridgehead atoms. The van der Waals surface area contributed by atoms with Crippen LogP contribution in [-0.2, 0) is 0 Å². The molecule has 0 N–H and O–H groups in total. The van der Waals surface area contributed by atoms with Gasteiger partial charge >= 0.3 is 0 Å². The molecule has 0 atom stereocenters. The van der Waals surface area contributed by atoms with Gasteiger partial charge in [0.2, 0.25) is 0 Å². The average Bonchev–Trinajstić information content (AvgIpc) is 3.07. The van der Waals surface area contributed by atoms with Crippen molar-refractivity contribution in [3.63, 3.8) is 0 Å². The van der Waals surface area contributed by atoms with Crippen LogP contribution in [0, 0.1) is 0 Å². The van der Waals surface area contributed by atoms with E-state index in [0.29, 0.717) is 6.61 Å². The lowest BCUT2D eigenvalue weighted by atomic mass is 10.2. The molecule has 5 nitrogen and oxygen atoms in total. The number of hydrogen-bond donors (Lipinski definition) is 0. The smallest absolute Gasteiger partial charge is 0.196 e. The summed E-state index contributed by atoms with van der Waals surface area (Å²) in [6.45, 7) is 4.73. The van der Waals surface area contributed by atoms with Gasteiger partial charge in [-0.1, -0.05) is 30.8 Å².